The maximum absolute atomic E-state index is 12.4. The van der Waals surface area contributed by atoms with E-state index in [9.17, 15) is 4.79 Å². The average molecular weight is 283 g/mol. The Morgan fingerprint density at radius 1 is 1.47 bits per heavy atom. The van der Waals surface area contributed by atoms with Crippen molar-refractivity contribution in [3.8, 4) is 0 Å². The first-order valence-corrected chi connectivity index (χ1v) is 6.76. The molecule has 2 heterocycles. The fourth-order valence-corrected chi connectivity index (χ4v) is 2.26. The highest BCUT2D eigenvalue weighted by atomic mass is 35.5. The second-order valence-corrected chi connectivity index (χ2v) is 5.51. The smallest absolute Gasteiger partial charge is 0.244 e. The van der Waals surface area contributed by atoms with E-state index in [0.29, 0.717) is 10.7 Å². The van der Waals surface area contributed by atoms with Gasteiger partial charge in [-0.15, -0.1) is 0 Å². The van der Waals surface area contributed by atoms with Crippen LogP contribution in [0.5, 0.6) is 0 Å². The van der Waals surface area contributed by atoms with Gasteiger partial charge in [-0.25, -0.2) is 0 Å². The summed E-state index contributed by atoms with van der Waals surface area (Å²) in [6.45, 7) is 7.40. The Bertz CT molecular complexity index is 458. The van der Waals surface area contributed by atoms with Gasteiger partial charge in [0.2, 0.25) is 5.91 Å². The number of hydrogen-bond acceptors (Lipinski definition) is 4. The number of carbonyl (C=O) groups is 1. The van der Waals surface area contributed by atoms with Crippen LogP contribution in [-0.4, -0.2) is 47.5 Å². The lowest BCUT2D eigenvalue weighted by atomic mass is 10.0. The van der Waals surface area contributed by atoms with Gasteiger partial charge in [-0.3, -0.25) is 14.7 Å². The van der Waals surface area contributed by atoms with Gasteiger partial charge in [0.15, 0.2) is 0 Å². The molecule has 1 aromatic heterocycles. The molecule has 1 aromatic rings. The van der Waals surface area contributed by atoms with E-state index in [1.807, 2.05) is 13.8 Å². The molecule has 0 radical (unpaired) electrons. The molecular weight excluding hydrogens is 264 g/mol. The van der Waals surface area contributed by atoms with E-state index < -0.39 is 5.54 Å². The van der Waals surface area contributed by atoms with E-state index in [4.69, 9.17) is 11.6 Å². The lowest BCUT2D eigenvalue weighted by Crippen LogP contribution is -2.58. The molecule has 0 aromatic carbocycles. The van der Waals surface area contributed by atoms with Crippen molar-refractivity contribution in [3.05, 3.63) is 23.5 Å². The van der Waals surface area contributed by atoms with Gasteiger partial charge in [-0.05, 0) is 19.9 Å². The molecule has 2 N–H and O–H groups in total. The lowest BCUT2D eigenvalue weighted by Gasteiger charge is -2.39. The average Bonchev–Trinajstić information content (AvgIpc) is 2.42. The quantitative estimate of drug-likeness (QED) is 0.879. The van der Waals surface area contributed by atoms with Crippen LogP contribution in [0.2, 0.25) is 5.02 Å². The standard InChI is InChI=1S/C13H19ClN4O/c1-13(2,18-7-5-15-6-8-18)12(19)17-11-9-16-4-3-10(11)14/h3-4,9,15H,5-8H2,1-2H3,(H,17,19). The number of pyridine rings is 1. The van der Waals surface area contributed by atoms with E-state index in [1.165, 1.54) is 0 Å². The lowest BCUT2D eigenvalue weighted by molar-refractivity contribution is -0.126. The van der Waals surface area contributed by atoms with Crippen molar-refractivity contribution >= 4 is 23.2 Å². The Hall–Kier alpha value is -1.17. The number of nitrogens with one attached hydrogen (secondary N) is 2. The van der Waals surface area contributed by atoms with Crippen molar-refractivity contribution in [2.24, 2.45) is 0 Å². The predicted molar refractivity (Wildman–Crippen MR) is 76.4 cm³/mol. The minimum atomic E-state index is -0.568. The van der Waals surface area contributed by atoms with Gasteiger partial charge in [0.1, 0.15) is 0 Å². The molecule has 6 heteroatoms. The zero-order chi connectivity index (χ0) is 13.9. The Morgan fingerprint density at radius 3 is 2.79 bits per heavy atom. The second kappa shape index (κ2) is 5.86. The SMILES string of the molecule is CC(C)(C(=O)Nc1cnccc1Cl)N1CCNCC1. The number of halogens is 1. The highest BCUT2D eigenvalue weighted by molar-refractivity contribution is 6.33. The van der Waals surface area contributed by atoms with Crippen molar-refractivity contribution in [1.82, 2.24) is 15.2 Å². The van der Waals surface area contributed by atoms with Gasteiger partial charge in [0.05, 0.1) is 22.4 Å². The van der Waals surface area contributed by atoms with E-state index in [-0.39, 0.29) is 5.91 Å². The van der Waals surface area contributed by atoms with Crippen LogP contribution in [0, 0.1) is 0 Å². The van der Waals surface area contributed by atoms with Crippen LogP contribution in [0.3, 0.4) is 0 Å². The number of amides is 1. The molecule has 2 rings (SSSR count). The van der Waals surface area contributed by atoms with E-state index in [0.717, 1.165) is 26.2 Å². The maximum atomic E-state index is 12.4. The number of anilines is 1. The molecule has 5 nitrogen and oxygen atoms in total. The third-order valence-corrected chi connectivity index (χ3v) is 3.81. The summed E-state index contributed by atoms with van der Waals surface area (Å²) in [5.41, 5.74) is -0.0151. The Labute approximate surface area is 118 Å². The third-order valence-electron chi connectivity index (χ3n) is 3.48. The van der Waals surface area contributed by atoms with Gasteiger partial charge in [-0.2, -0.15) is 0 Å². The van der Waals surface area contributed by atoms with Gasteiger partial charge in [0.25, 0.3) is 0 Å². The summed E-state index contributed by atoms with van der Waals surface area (Å²) in [5, 5.41) is 6.63. The van der Waals surface area contributed by atoms with E-state index in [2.05, 4.69) is 20.5 Å². The number of hydrogen-bond donors (Lipinski definition) is 2. The van der Waals surface area contributed by atoms with Crippen molar-refractivity contribution in [3.63, 3.8) is 0 Å². The number of aromatic nitrogens is 1. The summed E-state index contributed by atoms with van der Waals surface area (Å²) in [4.78, 5) is 18.6. The molecule has 1 aliphatic rings. The summed E-state index contributed by atoms with van der Waals surface area (Å²) < 4.78 is 0. The van der Waals surface area contributed by atoms with Crippen molar-refractivity contribution in [1.29, 1.82) is 0 Å². The first-order valence-electron chi connectivity index (χ1n) is 6.38. The van der Waals surface area contributed by atoms with Crippen LogP contribution >= 0.6 is 11.6 Å². The summed E-state index contributed by atoms with van der Waals surface area (Å²) in [7, 11) is 0. The largest absolute Gasteiger partial charge is 0.322 e. The summed E-state index contributed by atoms with van der Waals surface area (Å²) in [6.07, 6.45) is 3.16. The molecule has 0 bridgehead atoms. The molecule has 1 amide bonds. The molecule has 0 unspecified atom stereocenters. The Balaban J connectivity index is 2.08. The zero-order valence-corrected chi connectivity index (χ0v) is 12.0. The van der Waals surface area contributed by atoms with Crippen LogP contribution in [-0.2, 0) is 4.79 Å². The second-order valence-electron chi connectivity index (χ2n) is 5.11. The normalized spacial score (nSPS) is 17.2. The molecule has 0 saturated carbocycles. The van der Waals surface area contributed by atoms with E-state index >= 15 is 0 Å². The van der Waals surface area contributed by atoms with Crippen molar-refractivity contribution in [2.75, 3.05) is 31.5 Å². The maximum Gasteiger partial charge on any atom is 0.244 e. The number of rotatable bonds is 3. The predicted octanol–water partition coefficient (Wildman–Crippen LogP) is 1.36. The monoisotopic (exact) mass is 282 g/mol. The molecule has 1 saturated heterocycles. The van der Waals surface area contributed by atoms with Gasteiger partial charge in [-0.1, -0.05) is 11.6 Å². The molecule has 0 spiro atoms. The third kappa shape index (κ3) is 3.23. The van der Waals surface area contributed by atoms with Crippen LogP contribution in [0.1, 0.15) is 13.8 Å². The summed E-state index contributed by atoms with van der Waals surface area (Å²) in [5.74, 6) is -0.0655. The molecule has 1 fully saturated rings. The van der Waals surface area contributed by atoms with Gasteiger partial charge < -0.3 is 10.6 Å². The topological polar surface area (TPSA) is 57.3 Å². The number of piperazine rings is 1. The summed E-state index contributed by atoms with van der Waals surface area (Å²) >= 11 is 6.03. The highest BCUT2D eigenvalue weighted by Gasteiger charge is 2.35. The minimum Gasteiger partial charge on any atom is -0.322 e. The fraction of sp³-hybridized carbons (Fsp3) is 0.538. The van der Waals surface area contributed by atoms with E-state index in [1.54, 1.807) is 18.5 Å². The number of carbonyl (C=O) groups excluding carboxylic acids is 1. The molecule has 0 aliphatic carbocycles. The minimum absolute atomic E-state index is 0.0655. The van der Waals surface area contributed by atoms with Gasteiger partial charge in [0, 0.05) is 32.4 Å². The van der Waals surface area contributed by atoms with Crippen molar-refractivity contribution in [2.45, 2.75) is 19.4 Å². The first kappa shape index (κ1) is 14.2. The zero-order valence-electron chi connectivity index (χ0n) is 11.2. The Morgan fingerprint density at radius 2 is 2.16 bits per heavy atom. The van der Waals surface area contributed by atoms with Crippen LogP contribution in [0.4, 0.5) is 5.69 Å². The molecule has 1 aliphatic heterocycles. The van der Waals surface area contributed by atoms with Crippen LogP contribution in [0.15, 0.2) is 18.5 Å². The van der Waals surface area contributed by atoms with Crippen LogP contribution in [0.25, 0.3) is 0 Å². The van der Waals surface area contributed by atoms with Gasteiger partial charge >= 0.3 is 0 Å². The van der Waals surface area contributed by atoms with Crippen LogP contribution < -0.4 is 10.6 Å². The number of nitrogens with zero attached hydrogens (tertiary/aromatic N) is 2. The molecule has 19 heavy (non-hydrogen) atoms. The molecule has 0 atom stereocenters. The Kier molecular flexibility index (Phi) is 4.39. The van der Waals surface area contributed by atoms with Crippen molar-refractivity contribution < 1.29 is 4.79 Å². The first-order chi connectivity index (χ1) is 9.01. The molecular formula is C13H19ClN4O. The molecule has 104 valence electrons. The fourth-order valence-electron chi connectivity index (χ4n) is 2.11. The highest BCUT2D eigenvalue weighted by Crippen LogP contribution is 2.22. The summed E-state index contributed by atoms with van der Waals surface area (Å²) in [6, 6.07) is 1.66.